The van der Waals surface area contributed by atoms with E-state index in [2.05, 4.69) is 0 Å². The summed E-state index contributed by atoms with van der Waals surface area (Å²) >= 11 is 13.3. The smallest absolute Gasteiger partial charge is 0.327 e. The molecule has 1 aliphatic rings. The van der Waals surface area contributed by atoms with E-state index in [1.54, 1.807) is 7.05 Å². The van der Waals surface area contributed by atoms with Gasteiger partial charge >= 0.3 is 5.97 Å². The third-order valence-corrected chi connectivity index (χ3v) is 5.59. The van der Waals surface area contributed by atoms with Gasteiger partial charge in [-0.15, -0.1) is 11.8 Å². The second-order valence-corrected chi connectivity index (χ2v) is 6.47. The third kappa shape index (κ3) is 2.52. The molecule has 0 radical (unpaired) electrons. The van der Waals surface area contributed by atoms with Gasteiger partial charge in [0.05, 0.1) is 10.4 Å². The molecule has 1 saturated heterocycles. The lowest BCUT2D eigenvalue weighted by Crippen LogP contribution is -2.46. The highest BCUT2D eigenvalue weighted by atomic mass is 35.5. The van der Waals surface area contributed by atoms with Crippen LogP contribution in [0.15, 0.2) is 6.07 Å². The van der Waals surface area contributed by atoms with Crippen LogP contribution in [0.3, 0.4) is 0 Å². The van der Waals surface area contributed by atoms with Crippen LogP contribution in [0.2, 0.25) is 10.2 Å². The van der Waals surface area contributed by atoms with E-state index in [1.165, 1.54) is 27.3 Å². The van der Waals surface area contributed by atoms with Gasteiger partial charge in [-0.1, -0.05) is 30.1 Å². The van der Waals surface area contributed by atoms with E-state index in [1.807, 2.05) is 6.92 Å². The van der Waals surface area contributed by atoms with E-state index in [9.17, 15) is 14.7 Å². The van der Waals surface area contributed by atoms with Gasteiger partial charge in [-0.25, -0.2) is 4.79 Å². The molecule has 1 N–H and O–H groups in total. The zero-order valence-corrected chi connectivity index (χ0v) is 13.3. The van der Waals surface area contributed by atoms with Crippen LogP contribution in [0.1, 0.15) is 23.8 Å². The van der Waals surface area contributed by atoms with Gasteiger partial charge in [0.25, 0.3) is 5.91 Å². The van der Waals surface area contributed by atoms with Crippen LogP contribution in [0.4, 0.5) is 0 Å². The van der Waals surface area contributed by atoms with Gasteiger partial charge in [-0.3, -0.25) is 4.79 Å². The molecule has 8 heteroatoms. The number of carbonyl (C=O) groups excluding carboxylic acids is 1. The number of aliphatic carboxylic acids is 1. The van der Waals surface area contributed by atoms with Gasteiger partial charge in [0, 0.05) is 12.8 Å². The molecule has 1 amide bonds. The number of hydrogen-bond donors (Lipinski definition) is 1. The largest absolute Gasteiger partial charge is 0.480 e. The Morgan fingerprint density at radius 2 is 2.15 bits per heavy atom. The second kappa shape index (κ2) is 5.87. The minimum atomic E-state index is -0.992. The van der Waals surface area contributed by atoms with Crippen molar-refractivity contribution in [2.45, 2.75) is 24.8 Å². The van der Waals surface area contributed by atoms with Crippen molar-refractivity contribution in [2.75, 3.05) is 5.75 Å². The van der Waals surface area contributed by atoms with E-state index in [4.69, 9.17) is 23.2 Å². The first kappa shape index (κ1) is 15.5. The third-order valence-electron chi connectivity index (χ3n) is 3.30. The molecular weight excluding hydrogens is 323 g/mol. The first-order valence-electron chi connectivity index (χ1n) is 6.06. The Bertz CT molecular complexity index is 561. The molecule has 5 nitrogen and oxygen atoms in total. The van der Waals surface area contributed by atoms with E-state index in [0.29, 0.717) is 17.9 Å². The number of amides is 1. The van der Waals surface area contributed by atoms with Crippen LogP contribution in [-0.4, -0.2) is 43.6 Å². The minimum Gasteiger partial charge on any atom is -0.480 e. The predicted molar refractivity (Wildman–Crippen MR) is 79.6 cm³/mol. The van der Waals surface area contributed by atoms with Crippen molar-refractivity contribution in [1.29, 1.82) is 0 Å². The molecular formula is C12H14Cl2N2O3S. The van der Waals surface area contributed by atoms with Crippen molar-refractivity contribution < 1.29 is 14.7 Å². The fourth-order valence-electron chi connectivity index (χ4n) is 2.22. The molecule has 0 aromatic carbocycles. The molecule has 1 aromatic rings. The van der Waals surface area contributed by atoms with E-state index in [0.717, 1.165) is 0 Å². The summed E-state index contributed by atoms with van der Waals surface area (Å²) in [4.78, 5) is 25.3. The summed E-state index contributed by atoms with van der Waals surface area (Å²) in [6.07, 6.45) is 0.687. The normalized spacial score (nSPS) is 22.3. The van der Waals surface area contributed by atoms with Crippen molar-refractivity contribution in [3.8, 4) is 0 Å². The summed E-state index contributed by atoms with van der Waals surface area (Å²) in [5.41, 5.74) is 0.298. The van der Waals surface area contributed by atoms with Crippen molar-refractivity contribution >= 4 is 46.8 Å². The number of halogens is 2. The topological polar surface area (TPSA) is 62.5 Å². The Hall–Kier alpha value is -0.850. The van der Waals surface area contributed by atoms with E-state index in [-0.39, 0.29) is 21.5 Å². The molecule has 0 saturated carbocycles. The van der Waals surface area contributed by atoms with Crippen LogP contribution in [0, 0.1) is 0 Å². The molecule has 110 valence electrons. The SMILES string of the molecule is CCC1SCC(C(=O)O)N1C(=O)c1cc(Cl)c(Cl)n1C. The minimum absolute atomic E-state index is 0.143. The summed E-state index contributed by atoms with van der Waals surface area (Å²) in [5.74, 6) is -0.954. The van der Waals surface area contributed by atoms with Crippen LogP contribution in [0.5, 0.6) is 0 Å². The number of carbonyl (C=O) groups is 2. The lowest BCUT2D eigenvalue weighted by Gasteiger charge is -2.26. The van der Waals surface area contributed by atoms with Crippen molar-refractivity contribution in [2.24, 2.45) is 7.05 Å². The highest BCUT2D eigenvalue weighted by molar-refractivity contribution is 8.00. The summed E-state index contributed by atoms with van der Waals surface area (Å²) in [7, 11) is 1.63. The Morgan fingerprint density at radius 1 is 1.50 bits per heavy atom. The second-order valence-electron chi connectivity index (χ2n) is 4.49. The molecule has 2 heterocycles. The molecule has 20 heavy (non-hydrogen) atoms. The highest BCUT2D eigenvalue weighted by Gasteiger charge is 2.42. The zero-order valence-electron chi connectivity index (χ0n) is 11.0. The van der Waals surface area contributed by atoms with Crippen molar-refractivity contribution in [3.63, 3.8) is 0 Å². The van der Waals surface area contributed by atoms with Crippen LogP contribution in [-0.2, 0) is 11.8 Å². The quantitative estimate of drug-likeness (QED) is 0.921. The lowest BCUT2D eigenvalue weighted by molar-refractivity contribution is -0.141. The zero-order chi connectivity index (χ0) is 15.0. The number of carboxylic acids is 1. The number of hydrogen-bond acceptors (Lipinski definition) is 3. The molecule has 0 aliphatic carbocycles. The van der Waals surface area contributed by atoms with Crippen molar-refractivity contribution in [3.05, 3.63) is 21.9 Å². The van der Waals surface area contributed by atoms with Gasteiger partial charge in [0.1, 0.15) is 16.9 Å². The van der Waals surface area contributed by atoms with Crippen molar-refractivity contribution in [1.82, 2.24) is 9.47 Å². The molecule has 1 aromatic heterocycles. The summed E-state index contributed by atoms with van der Waals surface area (Å²) in [6, 6.07) is 0.658. The average molecular weight is 337 g/mol. The number of rotatable bonds is 3. The molecule has 1 fully saturated rings. The van der Waals surface area contributed by atoms with Gasteiger partial charge in [0.15, 0.2) is 0 Å². The summed E-state index contributed by atoms with van der Waals surface area (Å²) in [6.45, 7) is 1.92. The maximum Gasteiger partial charge on any atom is 0.327 e. The van der Waals surface area contributed by atoms with Crippen LogP contribution in [0.25, 0.3) is 0 Å². The maximum atomic E-state index is 12.6. The molecule has 2 rings (SSSR count). The fraction of sp³-hybridized carbons (Fsp3) is 0.500. The Kier molecular flexibility index (Phi) is 4.56. The van der Waals surface area contributed by atoms with Gasteiger partial charge in [-0.05, 0) is 12.5 Å². The maximum absolute atomic E-state index is 12.6. The number of aromatic nitrogens is 1. The molecule has 2 atom stereocenters. The Balaban J connectivity index is 2.38. The molecule has 2 unspecified atom stereocenters. The Labute approximate surface area is 130 Å². The number of nitrogens with zero attached hydrogens (tertiary/aromatic N) is 2. The number of carboxylic acid groups (broad SMARTS) is 1. The first-order valence-corrected chi connectivity index (χ1v) is 7.86. The lowest BCUT2D eigenvalue weighted by atomic mass is 10.2. The highest BCUT2D eigenvalue weighted by Crippen LogP contribution is 2.34. The molecule has 0 bridgehead atoms. The van der Waals surface area contributed by atoms with Gasteiger partial charge in [0.2, 0.25) is 0 Å². The molecule has 0 spiro atoms. The predicted octanol–water partition coefficient (Wildman–Crippen LogP) is 2.71. The standard InChI is InChI=1S/C12H14Cl2N2O3S/c1-3-9-16(8(5-20-9)12(18)19)11(17)7-4-6(13)10(14)15(7)2/h4,8-9H,3,5H2,1-2H3,(H,18,19). The first-order chi connectivity index (χ1) is 9.38. The van der Waals surface area contributed by atoms with Gasteiger partial charge < -0.3 is 14.6 Å². The van der Waals surface area contributed by atoms with Crippen LogP contribution >= 0.6 is 35.0 Å². The van der Waals surface area contributed by atoms with Crippen LogP contribution < -0.4 is 0 Å². The molecule has 1 aliphatic heterocycles. The average Bonchev–Trinajstić information content (AvgIpc) is 2.95. The monoisotopic (exact) mass is 336 g/mol. The van der Waals surface area contributed by atoms with Gasteiger partial charge in [-0.2, -0.15) is 0 Å². The summed E-state index contributed by atoms with van der Waals surface area (Å²) in [5, 5.41) is 9.66. The Morgan fingerprint density at radius 3 is 2.60 bits per heavy atom. The van der Waals surface area contributed by atoms with E-state index >= 15 is 0 Å². The summed E-state index contributed by atoms with van der Waals surface area (Å²) < 4.78 is 1.47. The number of thioether (sulfide) groups is 1. The van der Waals surface area contributed by atoms with E-state index < -0.39 is 12.0 Å². The fourth-order valence-corrected chi connectivity index (χ4v) is 3.94.